The van der Waals surface area contributed by atoms with Gasteiger partial charge in [-0.3, -0.25) is 4.68 Å². The van der Waals surface area contributed by atoms with Crippen LogP contribution in [-0.2, 0) is 28.0 Å². The molecule has 264 valence electrons. The molecule has 51 heavy (non-hydrogen) atoms. The predicted molar refractivity (Wildman–Crippen MR) is 180 cm³/mol. The van der Waals surface area contributed by atoms with Gasteiger partial charge < -0.3 is 19.4 Å². The van der Waals surface area contributed by atoms with Crippen molar-refractivity contribution in [2.75, 3.05) is 19.0 Å². The first-order valence-corrected chi connectivity index (χ1v) is 17.5. The minimum Gasteiger partial charge on any atom is -0.453 e. The van der Waals surface area contributed by atoms with Crippen molar-refractivity contribution in [2.24, 2.45) is 12.5 Å². The van der Waals surface area contributed by atoms with Gasteiger partial charge in [-0.2, -0.15) is 28.5 Å². The molecule has 5 aromatic heterocycles. The van der Waals surface area contributed by atoms with Crippen LogP contribution in [0.15, 0.2) is 72.0 Å². The van der Waals surface area contributed by atoms with E-state index < -0.39 is 27.9 Å². The van der Waals surface area contributed by atoms with Crippen LogP contribution in [0.1, 0.15) is 49.9 Å². The molecule has 1 saturated carbocycles. The molecule has 1 N–H and O–H groups in total. The molecular weight excluding hydrogens is 687 g/mol. The van der Waals surface area contributed by atoms with Crippen LogP contribution in [0.5, 0.6) is 11.5 Å². The summed E-state index contributed by atoms with van der Waals surface area (Å²) in [7, 11) is -0.697. The second-order valence-electron chi connectivity index (χ2n) is 12.5. The Bertz CT molecular complexity index is 2410. The maximum absolute atomic E-state index is 14.2. The van der Waals surface area contributed by atoms with E-state index in [1.165, 1.54) is 35.3 Å². The van der Waals surface area contributed by atoms with Crippen LogP contribution in [0.3, 0.4) is 0 Å². The van der Waals surface area contributed by atoms with E-state index in [1.54, 1.807) is 44.5 Å². The number of hydrogen-bond donors (Lipinski definition) is 1. The zero-order valence-corrected chi connectivity index (χ0v) is 28.5. The molecule has 0 atom stereocenters. The van der Waals surface area contributed by atoms with E-state index in [0.717, 1.165) is 27.6 Å². The molecule has 0 radical (unpaired) electrons. The molecule has 0 amide bonds. The number of benzene rings is 1. The summed E-state index contributed by atoms with van der Waals surface area (Å²) in [4.78, 5) is 13.2. The van der Waals surface area contributed by atoms with Gasteiger partial charge in [0.15, 0.2) is 22.9 Å². The fourth-order valence-corrected chi connectivity index (χ4v) is 8.01. The number of rotatable bonds is 11. The Morgan fingerprint density at radius 3 is 2.57 bits per heavy atom. The highest BCUT2D eigenvalue weighted by Crippen LogP contribution is 2.54. The summed E-state index contributed by atoms with van der Waals surface area (Å²) in [5.74, 6) is 0.344. The van der Waals surface area contributed by atoms with Gasteiger partial charge in [0.2, 0.25) is 5.95 Å². The maximum Gasteiger partial charge on any atom is 0.433 e. The zero-order valence-electron chi connectivity index (χ0n) is 27.7. The number of nitrogens with zero attached hydrogens (tertiary/aromatic N) is 8. The van der Waals surface area contributed by atoms with E-state index in [4.69, 9.17) is 9.47 Å². The quantitative estimate of drug-likeness (QED) is 0.149. The molecule has 1 aliphatic carbocycles. The normalized spacial score (nSPS) is 17.8. The standard InChI is InChI=1S/C34H32F3N9O4S/c1-4-33(11-13-49-3)16-22(17-33)46-27(34(35,36)37)15-28(43-46)41-32-42-30-29(44(32)2)25(18-38)26(20-39-30)50-23-14-21-10-12-45(31(21)40-19-23)51(47,48)24-8-6-5-7-9-24/h5-10,12,14-15,19-20,22H,4,11,13,16-17H2,1-3H3,(H,39,41,42,43). The highest BCUT2D eigenvalue weighted by molar-refractivity contribution is 7.90. The number of halogens is 3. The van der Waals surface area contributed by atoms with Crippen molar-refractivity contribution < 1.29 is 31.1 Å². The van der Waals surface area contributed by atoms with Crippen LogP contribution < -0.4 is 10.1 Å². The number of hydrogen-bond acceptors (Lipinski definition) is 10. The molecule has 1 aliphatic rings. The molecule has 7 rings (SSSR count). The lowest BCUT2D eigenvalue weighted by Crippen LogP contribution is -2.40. The third-order valence-corrected chi connectivity index (χ3v) is 11.2. The van der Waals surface area contributed by atoms with Crippen molar-refractivity contribution in [3.05, 3.63) is 78.4 Å². The van der Waals surface area contributed by atoms with Crippen LogP contribution in [0.2, 0.25) is 0 Å². The minimum absolute atomic E-state index is 0.0535. The third kappa shape index (κ3) is 6.03. The fraction of sp³-hybridized carbons (Fsp3) is 0.324. The highest BCUT2D eigenvalue weighted by atomic mass is 32.2. The van der Waals surface area contributed by atoms with Gasteiger partial charge in [0.1, 0.15) is 28.6 Å². The largest absolute Gasteiger partial charge is 0.453 e. The summed E-state index contributed by atoms with van der Waals surface area (Å²) >= 11 is 0. The minimum atomic E-state index is -4.63. The SMILES string of the molecule is CCC1(CCOC)CC(n2nc(Nc3nc4ncc(Oc5cnc6c(ccn6S(=O)(=O)c6ccccc6)c5)c(C#N)c4n3C)cc2C(F)(F)F)C1. The first kappa shape index (κ1) is 34.0. The zero-order chi connectivity index (χ0) is 36.1. The Kier molecular flexibility index (Phi) is 8.46. The van der Waals surface area contributed by atoms with E-state index in [9.17, 15) is 26.9 Å². The number of methoxy groups -OCH3 is 1. The molecule has 0 saturated heterocycles. The molecule has 0 unspecified atom stereocenters. The number of ether oxygens (including phenoxy) is 2. The monoisotopic (exact) mass is 719 g/mol. The lowest BCUT2D eigenvalue weighted by Gasteiger charge is -2.48. The van der Waals surface area contributed by atoms with Gasteiger partial charge in [0.25, 0.3) is 10.0 Å². The number of anilines is 2. The van der Waals surface area contributed by atoms with Crippen molar-refractivity contribution in [3.63, 3.8) is 0 Å². The first-order chi connectivity index (χ1) is 24.4. The second kappa shape index (κ2) is 12.7. The molecule has 17 heteroatoms. The first-order valence-electron chi connectivity index (χ1n) is 16.0. The van der Waals surface area contributed by atoms with Crippen molar-refractivity contribution in [1.29, 1.82) is 5.26 Å². The van der Waals surface area contributed by atoms with E-state index in [1.807, 2.05) is 6.92 Å². The number of nitriles is 1. The second-order valence-corrected chi connectivity index (χ2v) is 14.3. The Balaban J connectivity index is 1.16. The molecular formula is C34H32F3N9O4S. The van der Waals surface area contributed by atoms with Gasteiger partial charge in [0.05, 0.1) is 23.3 Å². The Hall–Kier alpha value is -5.47. The number of aryl methyl sites for hydroxylation is 1. The number of fused-ring (bicyclic) bond motifs is 2. The lowest BCUT2D eigenvalue weighted by molar-refractivity contribution is -0.147. The van der Waals surface area contributed by atoms with Gasteiger partial charge in [-0.1, -0.05) is 31.5 Å². The molecule has 1 aromatic carbocycles. The number of aromatic nitrogens is 7. The molecule has 13 nitrogen and oxygen atoms in total. The van der Waals surface area contributed by atoms with Gasteiger partial charge in [-0.15, -0.1) is 0 Å². The molecule has 0 aliphatic heterocycles. The number of nitrogens with one attached hydrogen (secondary N) is 1. The van der Waals surface area contributed by atoms with Crippen LogP contribution in [0, 0.1) is 16.7 Å². The Labute approximate surface area is 290 Å². The Morgan fingerprint density at radius 1 is 1.12 bits per heavy atom. The summed E-state index contributed by atoms with van der Waals surface area (Å²) in [6, 6.07) is 13.8. The molecule has 6 aromatic rings. The molecule has 0 bridgehead atoms. The highest BCUT2D eigenvalue weighted by Gasteiger charge is 2.47. The van der Waals surface area contributed by atoms with Crippen LogP contribution >= 0.6 is 0 Å². The van der Waals surface area contributed by atoms with Gasteiger partial charge in [-0.25, -0.2) is 22.4 Å². The van der Waals surface area contributed by atoms with E-state index >= 15 is 0 Å². The van der Waals surface area contributed by atoms with Crippen LogP contribution in [-0.4, -0.2) is 55.4 Å². The van der Waals surface area contributed by atoms with Gasteiger partial charge >= 0.3 is 6.18 Å². The van der Waals surface area contributed by atoms with E-state index in [2.05, 4.69) is 31.4 Å². The van der Waals surface area contributed by atoms with Crippen molar-refractivity contribution in [2.45, 2.75) is 49.7 Å². The van der Waals surface area contributed by atoms with Crippen molar-refractivity contribution in [3.8, 4) is 17.6 Å². The number of alkyl halides is 3. The van der Waals surface area contributed by atoms with Crippen molar-refractivity contribution in [1.82, 2.24) is 33.3 Å². The average molecular weight is 720 g/mol. The average Bonchev–Trinajstić information content (AvgIpc) is 3.81. The molecule has 5 heterocycles. The number of pyridine rings is 2. The topological polar surface area (TPSA) is 155 Å². The summed E-state index contributed by atoms with van der Waals surface area (Å²) < 4.78 is 83.7. The predicted octanol–water partition coefficient (Wildman–Crippen LogP) is 6.95. The fourth-order valence-electron chi connectivity index (χ4n) is 6.68. The Morgan fingerprint density at radius 2 is 1.88 bits per heavy atom. The van der Waals surface area contributed by atoms with Crippen molar-refractivity contribution >= 4 is 44.0 Å². The smallest absolute Gasteiger partial charge is 0.433 e. The lowest BCUT2D eigenvalue weighted by atomic mass is 9.62. The summed E-state index contributed by atoms with van der Waals surface area (Å²) in [6.45, 7) is 2.58. The summed E-state index contributed by atoms with van der Waals surface area (Å²) in [5, 5.41) is 17.8. The number of imidazole rings is 1. The molecule has 0 spiro atoms. The van der Waals surface area contributed by atoms with Gasteiger partial charge in [-0.05, 0) is 48.9 Å². The van der Waals surface area contributed by atoms with E-state index in [0.29, 0.717) is 24.8 Å². The summed E-state index contributed by atoms with van der Waals surface area (Å²) in [5.41, 5.74) is -0.277. The third-order valence-electron chi connectivity index (χ3n) is 9.51. The van der Waals surface area contributed by atoms with E-state index in [-0.39, 0.29) is 56.0 Å². The summed E-state index contributed by atoms with van der Waals surface area (Å²) in [6.07, 6.45) is 2.12. The van der Waals surface area contributed by atoms with Crippen LogP contribution in [0.4, 0.5) is 24.9 Å². The van der Waals surface area contributed by atoms with Gasteiger partial charge in [0, 0.05) is 38.4 Å². The van der Waals surface area contributed by atoms with Crippen LogP contribution in [0.25, 0.3) is 22.2 Å². The maximum atomic E-state index is 14.2. The molecule has 1 fully saturated rings.